The Morgan fingerprint density at radius 2 is 1.75 bits per heavy atom. The smallest absolute Gasteiger partial charge is 0.303 e. The molecule has 1 aromatic carbocycles. The maximum atomic E-state index is 10.8. The van der Waals surface area contributed by atoms with E-state index in [0.29, 0.717) is 0 Å². The molecular formula is C12H15NO3. The molecule has 0 aromatic heterocycles. The molecule has 0 aliphatic carbocycles. The minimum Gasteiger partial charge on any atom is -0.458 e. The van der Waals surface area contributed by atoms with Gasteiger partial charge in [0.1, 0.15) is 6.10 Å². The van der Waals surface area contributed by atoms with E-state index in [-0.39, 0.29) is 18.0 Å². The fraction of sp³-hybridized carbons (Fsp3) is 0.333. The Labute approximate surface area is 94.6 Å². The summed E-state index contributed by atoms with van der Waals surface area (Å²) >= 11 is 0. The summed E-state index contributed by atoms with van der Waals surface area (Å²) < 4.78 is 5.03. The van der Waals surface area contributed by atoms with Crippen LogP contribution >= 0.6 is 0 Å². The number of hydrogen-bond acceptors (Lipinski definition) is 3. The number of carbonyl (C=O) groups is 2. The standard InChI is InChI=1S/C12H15NO3/c1-8(16-10(3)15)11-4-6-12(7-5-11)13-9(2)14/h4-8H,1-3H3,(H,13,14). The van der Waals surface area contributed by atoms with Gasteiger partial charge in [-0.25, -0.2) is 0 Å². The highest BCUT2D eigenvalue weighted by Gasteiger charge is 2.08. The van der Waals surface area contributed by atoms with Gasteiger partial charge in [0, 0.05) is 19.5 Å². The number of nitrogens with one attached hydrogen (secondary N) is 1. The highest BCUT2D eigenvalue weighted by atomic mass is 16.5. The van der Waals surface area contributed by atoms with Gasteiger partial charge in [-0.05, 0) is 24.6 Å². The molecule has 1 atom stereocenters. The van der Waals surface area contributed by atoms with Crippen molar-refractivity contribution < 1.29 is 14.3 Å². The second kappa shape index (κ2) is 5.30. The van der Waals surface area contributed by atoms with E-state index in [2.05, 4.69) is 5.32 Å². The summed E-state index contributed by atoms with van der Waals surface area (Å²) in [6.07, 6.45) is -0.274. The van der Waals surface area contributed by atoms with Gasteiger partial charge in [-0.3, -0.25) is 9.59 Å². The van der Waals surface area contributed by atoms with Crippen LogP contribution in [0.15, 0.2) is 24.3 Å². The van der Waals surface area contributed by atoms with Crippen LogP contribution in [0.4, 0.5) is 5.69 Å². The minimum atomic E-state index is -0.307. The minimum absolute atomic E-state index is 0.110. The topological polar surface area (TPSA) is 55.4 Å². The fourth-order valence-corrected chi connectivity index (χ4v) is 1.36. The van der Waals surface area contributed by atoms with Crippen LogP contribution in [-0.4, -0.2) is 11.9 Å². The van der Waals surface area contributed by atoms with Crippen LogP contribution in [0.25, 0.3) is 0 Å². The van der Waals surface area contributed by atoms with Gasteiger partial charge in [0.05, 0.1) is 0 Å². The van der Waals surface area contributed by atoms with Crippen molar-refractivity contribution in [3.63, 3.8) is 0 Å². The molecule has 0 fully saturated rings. The lowest BCUT2D eigenvalue weighted by molar-refractivity contribution is -0.145. The molecule has 4 nitrogen and oxygen atoms in total. The van der Waals surface area contributed by atoms with Crippen LogP contribution in [0.2, 0.25) is 0 Å². The molecule has 1 unspecified atom stereocenters. The molecule has 0 aliphatic rings. The largest absolute Gasteiger partial charge is 0.458 e. The Hall–Kier alpha value is -1.84. The van der Waals surface area contributed by atoms with Gasteiger partial charge in [-0.1, -0.05) is 12.1 Å². The Bertz CT molecular complexity index is 384. The van der Waals surface area contributed by atoms with Crippen LogP contribution in [0.5, 0.6) is 0 Å². The lowest BCUT2D eigenvalue weighted by Gasteiger charge is -2.12. The summed E-state index contributed by atoms with van der Waals surface area (Å²) in [5, 5.41) is 2.67. The lowest BCUT2D eigenvalue weighted by atomic mass is 10.1. The highest BCUT2D eigenvalue weighted by molar-refractivity contribution is 5.88. The zero-order chi connectivity index (χ0) is 12.1. The maximum absolute atomic E-state index is 10.8. The third-order valence-corrected chi connectivity index (χ3v) is 2.04. The maximum Gasteiger partial charge on any atom is 0.303 e. The molecule has 0 heterocycles. The summed E-state index contributed by atoms with van der Waals surface area (Å²) in [6.45, 7) is 4.63. The Kier molecular flexibility index (Phi) is 4.05. The number of amides is 1. The quantitative estimate of drug-likeness (QED) is 0.796. The van der Waals surface area contributed by atoms with E-state index >= 15 is 0 Å². The molecule has 1 aromatic rings. The SMILES string of the molecule is CC(=O)Nc1ccc(C(C)OC(C)=O)cc1. The molecule has 1 rings (SSSR count). The fourth-order valence-electron chi connectivity index (χ4n) is 1.36. The third kappa shape index (κ3) is 3.73. The van der Waals surface area contributed by atoms with Crippen LogP contribution < -0.4 is 5.32 Å². The molecule has 0 bridgehead atoms. The third-order valence-electron chi connectivity index (χ3n) is 2.04. The van der Waals surface area contributed by atoms with Crippen LogP contribution in [0.3, 0.4) is 0 Å². The van der Waals surface area contributed by atoms with E-state index in [0.717, 1.165) is 11.3 Å². The van der Waals surface area contributed by atoms with Gasteiger partial charge in [0.2, 0.25) is 5.91 Å². The predicted molar refractivity (Wildman–Crippen MR) is 60.9 cm³/mol. The van der Waals surface area contributed by atoms with Crippen molar-refractivity contribution >= 4 is 17.6 Å². The first-order valence-electron chi connectivity index (χ1n) is 5.04. The first kappa shape index (κ1) is 12.2. The normalized spacial score (nSPS) is 11.7. The molecule has 4 heteroatoms. The molecule has 0 aliphatic heterocycles. The lowest BCUT2D eigenvalue weighted by Crippen LogP contribution is -2.07. The van der Waals surface area contributed by atoms with Crippen molar-refractivity contribution in [2.45, 2.75) is 26.9 Å². The zero-order valence-electron chi connectivity index (χ0n) is 9.61. The van der Waals surface area contributed by atoms with Gasteiger partial charge >= 0.3 is 5.97 Å². The number of esters is 1. The van der Waals surface area contributed by atoms with Crippen molar-refractivity contribution in [2.75, 3.05) is 5.32 Å². The van der Waals surface area contributed by atoms with Crippen molar-refractivity contribution in [3.8, 4) is 0 Å². The monoisotopic (exact) mass is 221 g/mol. The molecule has 0 saturated carbocycles. The number of carbonyl (C=O) groups excluding carboxylic acids is 2. The van der Waals surface area contributed by atoms with Gasteiger partial charge in [0.15, 0.2) is 0 Å². The number of ether oxygens (including phenoxy) is 1. The number of benzene rings is 1. The van der Waals surface area contributed by atoms with Crippen LogP contribution in [0, 0.1) is 0 Å². The molecule has 1 N–H and O–H groups in total. The van der Waals surface area contributed by atoms with E-state index in [9.17, 15) is 9.59 Å². The van der Waals surface area contributed by atoms with Crippen LogP contribution in [-0.2, 0) is 14.3 Å². The van der Waals surface area contributed by atoms with Gasteiger partial charge in [0.25, 0.3) is 0 Å². The molecule has 86 valence electrons. The summed E-state index contributed by atoms with van der Waals surface area (Å²) in [4.78, 5) is 21.6. The Balaban J connectivity index is 2.70. The van der Waals surface area contributed by atoms with Crippen molar-refractivity contribution in [2.24, 2.45) is 0 Å². The Morgan fingerprint density at radius 1 is 1.19 bits per heavy atom. The van der Waals surface area contributed by atoms with Gasteiger partial charge in [-0.15, -0.1) is 0 Å². The molecule has 16 heavy (non-hydrogen) atoms. The molecule has 0 radical (unpaired) electrons. The van der Waals surface area contributed by atoms with E-state index in [4.69, 9.17) is 4.74 Å². The summed E-state index contributed by atoms with van der Waals surface area (Å²) in [5.41, 5.74) is 1.62. The molecule has 1 amide bonds. The van der Waals surface area contributed by atoms with E-state index in [1.54, 1.807) is 19.1 Å². The molecular weight excluding hydrogens is 206 g/mol. The summed E-state index contributed by atoms with van der Waals surface area (Å²) in [5.74, 6) is -0.417. The average molecular weight is 221 g/mol. The van der Waals surface area contributed by atoms with E-state index in [1.807, 2.05) is 12.1 Å². The second-order valence-corrected chi connectivity index (χ2v) is 3.55. The molecule has 0 saturated heterocycles. The number of anilines is 1. The number of hydrogen-bond donors (Lipinski definition) is 1. The highest BCUT2D eigenvalue weighted by Crippen LogP contribution is 2.19. The van der Waals surface area contributed by atoms with Crippen molar-refractivity contribution in [1.29, 1.82) is 0 Å². The summed E-state index contributed by atoms with van der Waals surface area (Å²) in [7, 11) is 0. The van der Waals surface area contributed by atoms with Gasteiger partial charge in [-0.2, -0.15) is 0 Å². The van der Waals surface area contributed by atoms with Gasteiger partial charge < -0.3 is 10.1 Å². The van der Waals surface area contributed by atoms with Crippen molar-refractivity contribution in [1.82, 2.24) is 0 Å². The summed E-state index contributed by atoms with van der Waals surface area (Å²) in [6, 6.07) is 7.19. The first-order chi connectivity index (χ1) is 7.49. The Morgan fingerprint density at radius 3 is 2.19 bits per heavy atom. The first-order valence-corrected chi connectivity index (χ1v) is 5.04. The zero-order valence-corrected chi connectivity index (χ0v) is 9.61. The predicted octanol–water partition coefficient (Wildman–Crippen LogP) is 2.27. The van der Waals surface area contributed by atoms with E-state index in [1.165, 1.54) is 13.8 Å². The molecule has 0 spiro atoms. The average Bonchev–Trinajstić information content (AvgIpc) is 2.16. The van der Waals surface area contributed by atoms with E-state index < -0.39 is 0 Å². The number of rotatable bonds is 3. The van der Waals surface area contributed by atoms with Crippen molar-refractivity contribution in [3.05, 3.63) is 29.8 Å². The van der Waals surface area contributed by atoms with Crippen LogP contribution in [0.1, 0.15) is 32.4 Å². The second-order valence-electron chi connectivity index (χ2n) is 3.55.